The molecule has 1 atom stereocenters. The third-order valence-corrected chi connectivity index (χ3v) is 5.04. The second kappa shape index (κ2) is 11.2. The van der Waals surface area contributed by atoms with Crippen molar-refractivity contribution < 1.29 is 22.3 Å². The minimum absolute atomic E-state index is 0.0792. The largest absolute Gasteiger partial charge is 0.381 e. The number of sulfonamides is 1. The van der Waals surface area contributed by atoms with E-state index in [1.165, 1.54) is 0 Å². The van der Waals surface area contributed by atoms with Gasteiger partial charge in [0, 0.05) is 19.8 Å². The van der Waals surface area contributed by atoms with Crippen LogP contribution in [0.3, 0.4) is 0 Å². The number of amides is 1. The predicted octanol–water partition coefficient (Wildman–Crippen LogP) is 2.21. The van der Waals surface area contributed by atoms with Gasteiger partial charge >= 0.3 is 0 Å². The molecule has 0 bridgehead atoms. The summed E-state index contributed by atoms with van der Waals surface area (Å²) in [6.45, 7) is 5.48. The molecule has 0 aliphatic rings. The summed E-state index contributed by atoms with van der Waals surface area (Å²) in [5, 5.41) is 2.70. The predicted molar refractivity (Wildman–Crippen MR) is 94.2 cm³/mol. The lowest BCUT2D eigenvalue weighted by molar-refractivity contribution is -0.122. The first-order valence-corrected chi connectivity index (χ1v) is 10.0. The van der Waals surface area contributed by atoms with Crippen LogP contribution in [0.5, 0.6) is 0 Å². The zero-order valence-corrected chi connectivity index (χ0v) is 15.6. The standard InChI is InChI=1S/C17H27FN2O4S/c1-3-5-12-24-13-6-11-19-17(21)16(4-2)20-25(22,23)15-9-7-14(18)8-10-15/h7-10,16,20H,3-6,11-13H2,1-2H3,(H,19,21). The summed E-state index contributed by atoms with van der Waals surface area (Å²) in [6, 6.07) is 3.57. The SMILES string of the molecule is CCCCOCCCNC(=O)C(CC)NS(=O)(=O)c1ccc(F)cc1. The van der Waals surface area contributed by atoms with E-state index in [0.717, 1.165) is 37.1 Å². The van der Waals surface area contributed by atoms with Crippen LogP contribution in [0.2, 0.25) is 0 Å². The van der Waals surface area contributed by atoms with Gasteiger partial charge in [0.25, 0.3) is 0 Å². The van der Waals surface area contributed by atoms with E-state index in [0.29, 0.717) is 32.6 Å². The summed E-state index contributed by atoms with van der Waals surface area (Å²) in [4.78, 5) is 12.1. The molecule has 142 valence electrons. The molecule has 25 heavy (non-hydrogen) atoms. The topological polar surface area (TPSA) is 84.5 Å². The Bertz CT molecular complexity index is 620. The molecular weight excluding hydrogens is 347 g/mol. The van der Waals surface area contributed by atoms with Crippen molar-refractivity contribution in [2.45, 2.75) is 50.5 Å². The van der Waals surface area contributed by atoms with Gasteiger partial charge in [-0.15, -0.1) is 0 Å². The Balaban J connectivity index is 2.46. The highest BCUT2D eigenvalue weighted by atomic mass is 32.2. The average Bonchev–Trinajstić information content (AvgIpc) is 2.59. The molecule has 1 aromatic rings. The monoisotopic (exact) mass is 374 g/mol. The number of hydrogen-bond acceptors (Lipinski definition) is 4. The molecule has 1 aromatic carbocycles. The van der Waals surface area contributed by atoms with Gasteiger partial charge < -0.3 is 10.1 Å². The van der Waals surface area contributed by atoms with E-state index in [9.17, 15) is 17.6 Å². The van der Waals surface area contributed by atoms with Crippen molar-refractivity contribution >= 4 is 15.9 Å². The lowest BCUT2D eigenvalue weighted by Gasteiger charge is -2.17. The van der Waals surface area contributed by atoms with Crippen molar-refractivity contribution in [1.29, 1.82) is 0 Å². The van der Waals surface area contributed by atoms with E-state index in [1.54, 1.807) is 6.92 Å². The first kappa shape index (κ1) is 21.5. The third kappa shape index (κ3) is 7.94. The molecule has 0 aliphatic carbocycles. The zero-order valence-electron chi connectivity index (χ0n) is 14.8. The summed E-state index contributed by atoms with van der Waals surface area (Å²) in [7, 11) is -3.88. The number of benzene rings is 1. The van der Waals surface area contributed by atoms with Gasteiger partial charge in [-0.25, -0.2) is 12.8 Å². The molecule has 1 unspecified atom stereocenters. The Hall–Kier alpha value is -1.51. The number of nitrogens with one attached hydrogen (secondary N) is 2. The van der Waals surface area contributed by atoms with Gasteiger partial charge in [-0.1, -0.05) is 20.3 Å². The van der Waals surface area contributed by atoms with Crippen molar-refractivity contribution in [2.75, 3.05) is 19.8 Å². The van der Waals surface area contributed by atoms with Crippen LogP contribution in [0.1, 0.15) is 39.5 Å². The van der Waals surface area contributed by atoms with Gasteiger partial charge in [0.15, 0.2) is 0 Å². The van der Waals surface area contributed by atoms with Gasteiger partial charge in [0.05, 0.1) is 4.90 Å². The molecule has 0 fully saturated rings. The highest BCUT2D eigenvalue weighted by molar-refractivity contribution is 7.89. The van der Waals surface area contributed by atoms with E-state index < -0.39 is 21.9 Å². The maximum Gasteiger partial charge on any atom is 0.241 e. The van der Waals surface area contributed by atoms with Crippen LogP contribution in [-0.2, 0) is 19.6 Å². The number of halogens is 1. The molecule has 0 radical (unpaired) electrons. The van der Waals surface area contributed by atoms with Gasteiger partial charge in [-0.2, -0.15) is 4.72 Å². The van der Waals surface area contributed by atoms with Crippen LogP contribution in [0.25, 0.3) is 0 Å². The number of rotatable bonds is 12. The fourth-order valence-corrected chi connectivity index (χ4v) is 3.33. The zero-order chi connectivity index (χ0) is 18.7. The molecule has 1 rings (SSSR count). The fraction of sp³-hybridized carbons (Fsp3) is 0.588. The molecule has 0 heterocycles. The molecule has 0 aromatic heterocycles. The van der Waals surface area contributed by atoms with Gasteiger partial charge in [-0.3, -0.25) is 4.79 Å². The highest BCUT2D eigenvalue weighted by Gasteiger charge is 2.24. The van der Waals surface area contributed by atoms with Crippen LogP contribution in [0.15, 0.2) is 29.2 Å². The Kier molecular flexibility index (Phi) is 9.62. The fourth-order valence-electron chi connectivity index (χ4n) is 2.05. The smallest absolute Gasteiger partial charge is 0.241 e. The average molecular weight is 374 g/mol. The van der Waals surface area contributed by atoms with Crippen molar-refractivity contribution in [1.82, 2.24) is 10.0 Å². The minimum Gasteiger partial charge on any atom is -0.381 e. The second-order valence-electron chi connectivity index (χ2n) is 5.65. The van der Waals surface area contributed by atoms with Gasteiger partial charge in [-0.05, 0) is 43.5 Å². The quantitative estimate of drug-likeness (QED) is 0.550. The van der Waals surface area contributed by atoms with E-state index in [-0.39, 0.29) is 10.8 Å². The Labute approximate surface area is 149 Å². The van der Waals surface area contributed by atoms with Crippen molar-refractivity contribution in [3.63, 3.8) is 0 Å². The summed E-state index contributed by atoms with van der Waals surface area (Å²) in [5.74, 6) is -0.911. The lowest BCUT2D eigenvalue weighted by Crippen LogP contribution is -2.46. The van der Waals surface area contributed by atoms with E-state index >= 15 is 0 Å². The summed E-state index contributed by atoms with van der Waals surface area (Å²) in [5.41, 5.74) is 0. The van der Waals surface area contributed by atoms with E-state index in [1.807, 2.05) is 0 Å². The molecule has 8 heteroatoms. The number of carbonyl (C=O) groups excluding carboxylic acids is 1. The van der Waals surface area contributed by atoms with Gasteiger partial charge in [0.2, 0.25) is 15.9 Å². The molecule has 0 spiro atoms. The molecular formula is C17H27FN2O4S. The number of hydrogen-bond donors (Lipinski definition) is 2. The molecule has 0 saturated heterocycles. The lowest BCUT2D eigenvalue weighted by atomic mass is 10.2. The van der Waals surface area contributed by atoms with Crippen molar-refractivity contribution in [3.05, 3.63) is 30.1 Å². The van der Waals surface area contributed by atoms with Gasteiger partial charge in [0.1, 0.15) is 11.9 Å². The van der Waals surface area contributed by atoms with Crippen LogP contribution in [0.4, 0.5) is 4.39 Å². The normalized spacial score (nSPS) is 12.8. The summed E-state index contributed by atoms with van der Waals surface area (Å²) >= 11 is 0. The maximum atomic E-state index is 12.9. The molecule has 0 saturated carbocycles. The minimum atomic E-state index is -3.88. The molecule has 6 nitrogen and oxygen atoms in total. The molecule has 2 N–H and O–H groups in total. The van der Waals surface area contributed by atoms with Crippen LogP contribution in [0, 0.1) is 5.82 Å². The van der Waals surface area contributed by atoms with E-state index in [4.69, 9.17) is 4.74 Å². The number of carbonyl (C=O) groups is 1. The van der Waals surface area contributed by atoms with Crippen LogP contribution < -0.4 is 10.0 Å². The van der Waals surface area contributed by atoms with Crippen molar-refractivity contribution in [2.24, 2.45) is 0 Å². The first-order chi connectivity index (χ1) is 11.9. The number of unbranched alkanes of at least 4 members (excludes halogenated alkanes) is 1. The number of ether oxygens (including phenoxy) is 1. The summed E-state index contributed by atoms with van der Waals surface area (Å²) < 4.78 is 45.2. The summed E-state index contributed by atoms with van der Waals surface area (Å²) in [6.07, 6.45) is 3.05. The maximum absolute atomic E-state index is 12.9. The van der Waals surface area contributed by atoms with Crippen LogP contribution in [-0.4, -0.2) is 40.1 Å². The third-order valence-electron chi connectivity index (χ3n) is 3.55. The van der Waals surface area contributed by atoms with E-state index in [2.05, 4.69) is 17.0 Å². The Morgan fingerprint density at radius 1 is 1.16 bits per heavy atom. The Morgan fingerprint density at radius 3 is 2.40 bits per heavy atom. The Morgan fingerprint density at radius 2 is 1.80 bits per heavy atom. The highest BCUT2D eigenvalue weighted by Crippen LogP contribution is 2.11. The first-order valence-electron chi connectivity index (χ1n) is 8.54. The molecule has 0 aliphatic heterocycles. The second-order valence-corrected chi connectivity index (χ2v) is 7.36. The molecule has 1 amide bonds. The van der Waals surface area contributed by atoms with Crippen molar-refractivity contribution in [3.8, 4) is 0 Å². The van der Waals surface area contributed by atoms with Crippen LogP contribution >= 0.6 is 0 Å².